The number of rotatable bonds is 5. The number of hydrogen-bond donors (Lipinski definition) is 1. The summed E-state index contributed by atoms with van der Waals surface area (Å²) in [5.41, 5.74) is 0. The zero-order valence-electron chi connectivity index (χ0n) is 10.9. The molecule has 1 aliphatic heterocycles. The quantitative estimate of drug-likeness (QED) is 0.704. The van der Waals surface area contributed by atoms with E-state index in [0.717, 1.165) is 6.54 Å². The zero-order chi connectivity index (χ0) is 12.8. The molecule has 1 saturated heterocycles. The largest absolute Gasteiger partial charge is 0.466 e. The van der Waals surface area contributed by atoms with E-state index >= 15 is 0 Å². The highest BCUT2D eigenvalue weighted by Crippen LogP contribution is 2.13. The number of hydrogen-bond acceptors (Lipinski definition) is 5. The lowest BCUT2D eigenvalue weighted by Gasteiger charge is -2.36. The van der Waals surface area contributed by atoms with Gasteiger partial charge in [-0.15, -0.1) is 0 Å². The van der Waals surface area contributed by atoms with Crippen LogP contribution in [0.15, 0.2) is 0 Å². The molecule has 0 amide bonds. The number of ether oxygens (including phenoxy) is 2. The summed E-state index contributed by atoms with van der Waals surface area (Å²) in [5, 5.41) is 9.11. The fourth-order valence-electron chi connectivity index (χ4n) is 2.14. The van der Waals surface area contributed by atoms with Gasteiger partial charge in [0.1, 0.15) is 0 Å². The van der Waals surface area contributed by atoms with Crippen molar-refractivity contribution in [3.63, 3.8) is 0 Å². The molecule has 17 heavy (non-hydrogen) atoms. The van der Waals surface area contributed by atoms with Gasteiger partial charge in [0.2, 0.25) is 0 Å². The fourth-order valence-corrected chi connectivity index (χ4v) is 2.14. The molecule has 0 aromatic rings. The Morgan fingerprint density at radius 2 is 2.29 bits per heavy atom. The van der Waals surface area contributed by atoms with Gasteiger partial charge < -0.3 is 14.6 Å². The maximum absolute atomic E-state index is 11.5. The van der Waals surface area contributed by atoms with E-state index in [9.17, 15) is 4.79 Å². The number of nitrogens with zero attached hydrogens (tertiary/aromatic N) is 1. The lowest BCUT2D eigenvalue weighted by atomic mass is 10.1. The van der Waals surface area contributed by atoms with Crippen molar-refractivity contribution in [2.45, 2.75) is 33.0 Å². The highest BCUT2D eigenvalue weighted by atomic mass is 16.5. The maximum atomic E-state index is 11.5. The van der Waals surface area contributed by atoms with E-state index in [2.05, 4.69) is 4.90 Å². The zero-order valence-corrected chi connectivity index (χ0v) is 10.9. The van der Waals surface area contributed by atoms with Crippen molar-refractivity contribution in [2.24, 2.45) is 5.92 Å². The van der Waals surface area contributed by atoms with Crippen LogP contribution < -0.4 is 0 Å². The molecule has 0 aromatic heterocycles. The Bertz CT molecular complexity index is 247. The average Bonchev–Trinajstić information content (AvgIpc) is 2.28. The summed E-state index contributed by atoms with van der Waals surface area (Å²) in [4.78, 5) is 13.7. The van der Waals surface area contributed by atoms with Gasteiger partial charge in [0, 0.05) is 19.6 Å². The second-order valence-electron chi connectivity index (χ2n) is 4.62. The van der Waals surface area contributed by atoms with E-state index in [0.29, 0.717) is 19.7 Å². The number of morpholine rings is 1. The second-order valence-corrected chi connectivity index (χ2v) is 4.62. The standard InChI is InChI=1S/C12H23NO4/c1-4-16-12(15)9(2)5-13-6-10(3)17-11(7-13)8-14/h9-11,14H,4-8H2,1-3H3. The molecule has 1 aliphatic rings. The second kappa shape index (κ2) is 6.93. The van der Waals surface area contributed by atoms with Crippen molar-refractivity contribution in [1.29, 1.82) is 0 Å². The van der Waals surface area contributed by atoms with Crippen LogP contribution >= 0.6 is 0 Å². The van der Waals surface area contributed by atoms with E-state index < -0.39 is 0 Å². The SMILES string of the molecule is CCOC(=O)C(C)CN1CC(C)OC(CO)C1. The third-order valence-corrected chi connectivity index (χ3v) is 2.83. The summed E-state index contributed by atoms with van der Waals surface area (Å²) in [5.74, 6) is -0.299. The molecule has 0 spiro atoms. The fraction of sp³-hybridized carbons (Fsp3) is 0.917. The summed E-state index contributed by atoms with van der Waals surface area (Å²) >= 11 is 0. The Morgan fingerprint density at radius 3 is 2.88 bits per heavy atom. The van der Waals surface area contributed by atoms with Crippen LogP contribution in [0.4, 0.5) is 0 Å². The van der Waals surface area contributed by atoms with Crippen LogP contribution in [0.2, 0.25) is 0 Å². The minimum atomic E-state index is -0.160. The van der Waals surface area contributed by atoms with E-state index in [-0.39, 0.29) is 30.7 Å². The van der Waals surface area contributed by atoms with Crippen LogP contribution in [-0.2, 0) is 14.3 Å². The van der Waals surface area contributed by atoms with Crippen LogP contribution in [0.25, 0.3) is 0 Å². The normalized spacial score (nSPS) is 27.8. The molecule has 0 radical (unpaired) electrons. The first-order chi connectivity index (χ1) is 8.06. The molecule has 5 nitrogen and oxygen atoms in total. The van der Waals surface area contributed by atoms with Crippen molar-refractivity contribution in [1.82, 2.24) is 4.90 Å². The van der Waals surface area contributed by atoms with E-state index in [4.69, 9.17) is 14.6 Å². The van der Waals surface area contributed by atoms with Crippen LogP contribution in [0.5, 0.6) is 0 Å². The predicted molar refractivity (Wildman–Crippen MR) is 63.7 cm³/mol. The van der Waals surface area contributed by atoms with Gasteiger partial charge in [-0.1, -0.05) is 6.92 Å². The summed E-state index contributed by atoms with van der Waals surface area (Å²) < 4.78 is 10.5. The van der Waals surface area contributed by atoms with Gasteiger partial charge in [-0.2, -0.15) is 0 Å². The van der Waals surface area contributed by atoms with Gasteiger partial charge in [-0.05, 0) is 13.8 Å². The van der Waals surface area contributed by atoms with Crippen molar-refractivity contribution in [3.8, 4) is 0 Å². The summed E-state index contributed by atoms with van der Waals surface area (Å²) in [6, 6.07) is 0. The van der Waals surface area contributed by atoms with Crippen LogP contribution in [-0.4, -0.2) is 61.0 Å². The van der Waals surface area contributed by atoms with Crippen LogP contribution in [0.1, 0.15) is 20.8 Å². The number of carbonyl (C=O) groups is 1. The Hall–Kier alpha value is -0.650. The Morgan fingerprint density at radius 1 is 1.59 bits per heavy atom. The highest BCUT2D eigenvalue weighted by molar-refractivity contribution is 5.72. The summed E-state index contributed by atoms with van der Waals surface area (Å²) in [6.45, 7) is 8.21. The number of aliphatic hydroxyl groups excluding tert-OH is 1. The molecule has 0 aromatic carbocycles. The Balaban J connectivity index is 2.41. The molecule has 0 aliphatic carbocycles. The first-order valence-electron chi connectivity index (χ1n) is 6.22. The molecule has 0 saturated carbocycles. The maximum Gasteiger partial charge on any atom is 0.309 e. The topological polar surface area (TPSA) is 59.0 Å². The third-order valence-electron chi connectivity index (χ3n) is 2.83. The summed E-state index contributed by atoms with van der Waals surface area (Å²) in [7, 11) is 0. The molecule has 3 atom stereocenters. The Kier molecular flexibility index (Phi) is 5.88. The molecule has 1 heterocycles. The van der Waals surface area contributed by atoms with E-state index in [1.165, 1.54) is 0 Å². The van der Waals surface area contributed by atoms with Gasteiger partial charge in [-0.3, -0.25) is 9.69 Å². The smallest absolute Gasteiger partial charge is 0.309 e. The van der Waals surface area contributed by atoms with Gasteiger partial charge >= 0.3 is 5.97 Å². The number of carbonyl (C=O) groups excluding carboxylic acids is 1. The minimum absolute atomic E-state index is 0.0224. The third kappa shape index (κ3) is 4.61. The molecule has 5 heteroatoms. The molecule has 100 valence electrons. The lowest BCUT2D eigenvalue weighted by Crippen LogP contribution is -2.49. The molecular weight excluding hydrogens is 222 g/mol. The van der Waals surface area contributed by atoms with Crippen LogP contribution in [0.3, 0.4) is 0 Å². The molecule has 1 rings (SSSR count). The summed E-state index contributed by atoms with van der Waals surface area (Å²) in [6.07, 6.45) is -0.0524. The molecule has 1 fully saturated rings. The van der Waals surface area contributed by atoms with Gasteiger partial charge in [0.15, 0.2) is 0 Å². The molecule has 1 N–H and O–H groups in total. The van der Waals surface area contributed by atoms with E-state index in [1.807, 2.05) is 20.8 Å². The van der Waals surface area contributed by atoms with Crippen molar-refractivity contribution in [2.75, 3.05) is 32.8 Å². The van der Waals surface area contributed by atoms with Crippen LogP contribution in [0, 0.1) is 5.92 Å². The number of aliphatic hydroxyl groups is 1. The average molecular weight is 245 g/mol. The molecule has 3 unspecified atom stereocenters. The van der Waals surface area contributed by atoms with E-state index in [1.54, 1.807) is 0 Å². The highest BCUT2D eigenvalue weighted by Gasteiger charge is 2.27. The monoisotopic (exact) mass is 245 g/mol. The van der Waals surface area contributed by atoms with Gasteiger partial charge in [0.05, 0.1) is 31.3 Å². The molecular formula is C12H23NO4. The minimum Gasteiger partial charge on any atom is -0.466 e. The van der Waals surface area contributed by atoms with Gasteiger partial charge in [-0.25, -0.2) is 0 Å². The van der Waals surface area contributed by atoms with Crippen molar-refractivity contribution < 1.29 is 19.4 Å². The predicted octanol–water partition coefficient (Wildman–Crippen LogP) is 0.267. The number of esters is 1. The van der Waals surface area contributed by atoms with Crippen molar-refractivity contribution in [3.05, 3.63) is 0 Å². The first kappa shape index (κ1) is 14.4. The first-order valence-corrected chi connectivity index (χ1v) is 6.22. The van der Waals surface area contributed by atoms with Crippen molar-refractivity contribution >= 4 is 5.97 Å². The molecule has 0 bridgehead atoms. The Labute approximate surface area is 103 Å². The van der Waals surface area contributed by atoms with Gasteiger partial charge in [0.25, 0.3) is 0 Å². The lowest BCUT2D eigenvalue weighted by molar-refractivity contribution is -0.149.